The van der Waals surface area contributed by atoms with Gasteiger partial charge < -0.3 is 14.6 Å². The molecule has 1 N–H and O–H groups in total. The van der Waals surface area contributed by atoms with Crippen LogP contribution in [-0.2, 0) is 6.54 Å². The second-order valence-electron chi connectivity index (χ2n) is 5.64. The number of carbonyl (C=O) groups excluding carboxylic acids is 1. The van der Waals surface area contributed by atoms with Crippen LogP contribution in [0, 0.1) is 0 Å². The molecule has 3 aromatic rings. The molecule has 26 heavy (non-hydrogen) atoms. The first kappa shape index (κ1) is 17.8. The van der Waals surface area contributed by atoms with Crippen LogP contribution in [0.15, 0.2) is 71.7 Å². The topological polar surface area (TPSA) is 60.3 Å². The van der Waals surface area contributed by atoms with Crippen LogP contribution in [-0.4, -0.2) is 17.6 Å². The van der Waals surface area contributed by atoms with Crippen molar-refractivity contribution in [1.82, 2.24) is 4.57 Å². The molecule has 0 aliphatic carbocycles. The molecule has 6 heteroatoms. The highest BCUT2D eigenvalue weighted by atomic mass is 35.5. The smallest absolute Gasteiger partial charge is 0.263 e. The van der Waals surface area contributed by atoms with E-state index in [0.29, 0.717) is 23.0 Å². The summed E-state index contributed by atoms with van der Waals surface area (Å²) in [5.74, 6) is 0.0379. The third-order valence-corrected chi connectivity index (χ3v) is 4.10. The summed E-state index contributed by atoms with van der Waals surface area (Å²) < 4.78 is 6.69. The maximum absolute atomic E-state index is 12.7. The van der Waals surface area contributed by atoms with Gasteiger partial charge in [0.1, 0.15) is 11.3 Å². The molecule has 0 saturated carbocycles. The number of pyridine rings is 1. The summed E-state index contributed by atoms with van der Waals surface area (Å²) in [7, 11) is 1.52. The van der Waals surface area contributed by atoms with Crippen molar-refractivity contribution in [3.63, 3.8) is 0 Å². The highest BCUT2D eigenvalue weighted by Gasteiger charge is 2.14. The Morgan fingerprint density at radius 3 is 2.69 bits per heavy atom. The van der Waals surface area contributed by atoms with Crippen LogP contribution in [0.4, 0.5) is 5.69 Å². The maximum atomic E-state index is 12.7. The van der Waals surface area contributed by atoms with Crippen LogP contribution in [0.2, 0.25) is 5.02 Å². The molecule has 1 amide bonds. The molecule has 5 nitrogen and oxygen atoms in total. The van der Waals surface area contributed by atoms with Gasteiger partial charge in [0.25, 0.3) is 11.5 Å². The number of methoxy groups -OCH3 is 1. The molecule has 0 radical (unpaired) electrons. The zero-order valence-electron chi connectivity index (χ0n) is 14.1. The third-order valence-electron chi connectivity index (χ3n) is 3.86. The number of nitrogens with one attached hydrogen (secondary N) is 1. The van der Waals surface area contributed by atoms with Crippen LogP contribution in [0.5, 0.6) is 5.75 Å². The highest BCUT2D eigenvalue weighted by molar-refractivity contribution is 6.30. The van der Waals surface area contributed by atoms with E-state index in [1.807, 2.05) is 12.1 Å². The first-order chi connectivity index (χ1) is 12.6. The number of rotatable bonds is 5. The summed E-state index contributed by atoms with van der Waals surface area (Å²) in [4.78, 5) is 25.2. The largest absolute Gasteiger partial charge is 0.495 e. The van der Waals surface area contributed by atoms with Crippen LogP contribution in [0.1, 0.15) is 15.9 Å². The van der Waals surface area contributed by atoms with Crippen molar-refractivity contribution >= 4 is 23.2 Å². The van der Waals surface area contributed by atoms with Gasteiger partial charge in [0.15, 0.2) is 0 Å². The summed E-state index contributed by atoms with van der Waals surface area (Å²) in [6, 6.07) is 17.4. The Morgan fingerprint density at radius 1 is 1.12 bits per heavy atom. The first-order valence-electron chi connectivity index (χ1n) is 7.97. The molecule has 2 aromatic carbocycles. The number of benzene rings is 2. The number of anilines is 1. The van der Waals surface area contributed by atoms with Gasteiger partial charge in [-0.25, -0.2) is 0 Å². The van der Waals surface area contributed by atoms with E-state index in [2.05, 4.69) is 5.32 Å². The van der Waals surface area contributed by atoms with Crippen LogP contribution < -0.4 is 15.6 Å². The van der Waals surface area contributed by atoms with Crippen molar-refractivity contribution in [2.24, 2.45) is 0 Å². The van der Waals surface area contributed by atoms with E-state index < -0.39 is 5.91 Å². The highest BCUT2D eigenvalue weighted by Crippen LogP contribution is 2.23. The van der Waals surface area contributed by atoms with Gasteiger partial charge in [-0.15, -0.1) is 0 Å². The molecule has 1 heterocycles. The summed E-state index contributed by atoms with van der Waals surface area (Å²) in [6.07, 6.45) is 1.64. The Balaban J connectivity index is 1.87. The molecule has 0 spiro atoms. The zero-order chi connectivity index (χ0) is 18.5. The molecule has 0 aliphatic heterocycles. The minimum Gasteiger partial charge on any atom is -0.495 e. The Kier molecular flexibility index (Phi) is 5.39. The Bertz CT molecular complexity index is 998. The number of hydrogen-bond acceptors (Lipinski definition) is 3. The van der Waals surface area contributed by atoms with Crippen molar-refractivity contribution < 1.29 is 9.53 Å². The Labute approximate surface area is 155 Å². The number of halogens is 1. The number of carbonyl (C=O) groups is 1. The molecule has 0 unspecified atom stereocenters. The molecular weight excluding hydrogens is 352 g/mol. The lowest BCUT2D eigenvalue weighted by molar-refractivity contribution is 0.102. The number of aromatic nitrogens is 1. The molecule has 0 saturated heterocycles. The summed E-state index contributed by atoms with van der Waals surface area (Å²) >= 11 is 5.99. The first-order valence-corrected chi connectivity index (χ1v) is 8.34. The molecule has 0 bridgehead atoms. The van der Waals surface area contributed by atoms with Crippen molar-refractivity contribution in [3.05, 3.63) is 93.4 Å². The predicted molar refractivity (Wildman–Crippen MR) is 102 cm³/mol. The summed E-state index contributed by atoms with van der Waals surface area (Å²) in [5, 5.41) is 3.32. The number of ether oxygens (including phenoxy) is 1. The summed E-state index contributed by atoms with van der Waals surface area (Å²) in [6.45, 7) is 0.329. The van der Waals surface area contributed by atoms with Crippen molar-refractivity contribution in [2.45, 2.75) is 6.54 Å². The maximum Gasteiger partial charge on any atom is 0.263 e. The van der Waals surface area contributed by atoms with Gasteiger partial charge in [0.2, 0.25) is 0 Å². The quantitative estimate of drug-likeness (QED) is 0.745. The fraction of sp³-hybridized carbons (Fsp3) is 0.100. The lowest BCUT2D eigenvalue weighted by Gasteiger charge is -2.11. The lowest BCUT2D eigenvalue weighted by atomic mass is 10.2. The number of hydrogen-bond donors (Lipinski definition) is 1. The second kappa shape index (κ2) is 7.89. The van der Waals surface area contributed by atoms with Gasteiger partial charge in [-0.05, 0) is 42.0 Å². The fourth-order valence-electron chi connectivity index (χ4n) is 2.60. The SMILES string of the molecule is COc1ccccc1NC(=O)c1cccn(Cc2cccc(Cl)c2)c1=O. The number of nitrogens with zero attached hydrogens (tertiary/aromatic N) is 1. The van der Waals surface area contributed by atoms with Gasteiger partial charge in [-0.3, -0.25) is 9.59 Å². The van der Waals surface area contributed by atoms with E-state index in [0.717, 1.165) is 5.56 Å². The molecule has 3 rings (SSSR count). The average Bonchev–Trinajstić information content (AvgIpc) is 2.64. The van der Waals surface area contributed by atoms with E-state index in [1.54, 1.807) is 48.7 Å². The monoisotopic (exact) mass is 368 g/mol. The average molecular weight is 369 g/mol. The standard InChI is InChI=1S/C20H17ClN2O3/c1-26-18-10-3-2-9-17(18)22-19(24)16-8-5-11-23(20(16)25)13-14-6-4-7-15(21)12-14/h2-12H,13H2,1H3,(H,22,24). The molecular formula is C20H17ClN2O3. The van der Waals surface area contributed by atoms with Crippen LogP contribution >= 0.6 is 11.6 Å². The van der Waals surface area contributed by atoms with E-state index in [1.165, 1.54) is 17.7 Å². The van der Waals surface area contributed by atoms with Crippen LogP contribution in [0.25, 0.3) is 0 Å². The zero-order valence-corrected chi connectivity index (χ0v) is 14.9. The molecule has 0 atom stereocenters. The van der Waals surface area contributed by atoms with Gasteiger partial charge >= 0.3 is 0 Å². The number of para-hydroxylation sites is 2. The molecule has 1 aromatic heterocycles. The van der Waals surface area contributed by atoms with Crippen molar-refractivity contribution in [2.75, 3.05) is 12.4 Å². The predicted octanol–water partition coefficient (Wildman–Crippen LogP) is 3.81. The van der Waals surface area contributed by atoms with E-state index in [-0.39, 0.29) is 11.1 Å². The lowest BCUT2D eigenvalue weighted by Crippen LogP contribution is -2.29. The Hall–Kier alpha value is -3.05. The minimum atomic E-state index is -0.486. The van der Waals surface area contributed by atoms with Gasteiger partial charge in [-0.1, -0.05) is 35.9 Å². The second-order valence-corrected chi connectivity index (χ2v) is 6.08. The summed E-state index contributed by atoms with van der Waals surface area (Å²) in [5.41, 5.74) is 1.06. The Morgan fingerprint density at radius 2 is 1.92 bits per heavy atom. The minimum absolute atomic E-state index is 0.0560. The van der Waals surface area contributed by atoms with E-state index in [9.17, 15) is 9.59 Å². The molecule has 0 fully saturated rings. The molecule has 132 valence electrons. The number of amides is 1. The van der Waals surface area contributed by atoms with Gasteiger partial charge in [-0.2, -0.15) is 0 Å². The van der Waals surface area contributed by atoms with Gasteiger partial charge in [0.05, 0.1) is 19.3 Å². The molecule has 0 aliphatic rings. The fourth-order valence-corrected chi connectivity index (χ4v) is 2.82. The third kappa shape index (κ3) is 3.95. The van der Waals surface area contributed by atoms with Crippen molar-refractivity contribution in [3.8, 4) is 5.75 Å². The van der Waals surface area contributed by atoms with Crippen molar-refractivity contribution in [1.29, 1.82) is 0 Å². The van der Waals surface area contributed by atoms with Crippen LogP contribution in [0.3, 0.4) is 0 Å². The van der Waals surface area contributed by atoms with E-state index >= 15 is 0 Å². The van der Waals surface area contributed by atoms with E-state index in [4.69, 9.17) is 16.3 Å². The van der Waals surface area contributed by atoms with Gasteiger partial charge in [0, 0.05) is 11.2 Å². The normalized spacial score (nSPS) is 10.4.